The van der Waals surface area contributed by atoms with Crippen molar-refractivity contribution in [2.24, 2.45) is 0 Å². The molecule has 4 heterocycles. The van der Waals surface area contributed by atoms with Gasteiger partial charge in [0.05, 0.1) is 13.1 Å². The molecular weight excluding hydrogens is 480 g/mol. The number of pyridine rings is 1. The van der Waals surface area contributed by atoms with Crippen LogP contribution in [0.15, 0.2) is 53.0 Å². The number of aromatic nitrogens is 2. The number of piperazine rings is 1. The highest BCUT2D eigenvalue weighted by atomic mass is 35.5. The second kappa shape index (κ2) is 8.72. The fourth-order valence-corrected chi connectivity index (χ4v) is 7.62. The maximum absolute atomic E-state index is 13.4. The fraction of sp³-hybridized carbons (Fsp3) is 0.304. The summed E-state index contributed by atoms with van der Waals surface area (Å²) in [6, 6.07) is 10.7. The standard InChI is InChI=1S/C23H23ClN4O3S2/c1-2-3-19-13-27(33(30,31)23-9-15-4-5-17(24)10-21(15)32-23)14-22(29)28(19)12-18-8-16-11-25-7-6-20(16)26-18/h4-11,19,26H,2-3,12-14H2,1H3/t19-/m0/s1. The van der Waals surface area contributed by atoms with Crippen LogP contribution in [-0.2, 0) is 21.4 Å². The Bertz CT molecular complexity index is 1410. The van der Waals surface area contributed by atoms with Gasteiger partial charge in [-0.3, -0.25) is 9.78 Å². The number of benzene rings is 1. The number of rotatable bonds is 6. The third-order valence-electron chi connectivity index (χ3n) is 5.98. The molecule has 0 saturated carbocycles. The lowest BCUT2D eigenvalue weighted by atomic mass is 10.1. The van der Waals surface area contributed by atoms with E-state index in [9.17, 15) is 13.2 Å². The zero-order chi connectivity index (χ0) is 23.2. The molecule has 1 saturated heterocycles. The minimum atomic E-state index is -3.79. The van der Waals surface area contributed by atoms with E-state index in [4.69, 9.17) is 11.6 Å². The van der Waals surface area contributed by atoms with Gasteiger partial charge in [0.25, 0.3) is 10.0 Å². The van der Waals surface area contributed by atoms with Crippen LogP contribution in [0.25, 0.3) is 21.0 Å². The first-order valence-electron chi connectivity index (χ1n) is 10.8. The zero-order valence-corrected chi connectivity index (χ0v) is 20.4. The number of hydrogen-bond acceptors (Lipinski definition) is 5. The summed E-state index contributed by atoms with van der Waals surface area (Å²) in [6.07, 6.45) is 5.07. The van der Waals surface area contributed by atoms with Crippen molar-refractivity contribution >= 4 is 59.9 Å². The molecule has 1 fully saturated rings. The molecule has 1 aliphatic heterocycles. The summed E-state index contributed by atoms with van der Waals surface area (Å²) >= 11 is 7.25. The molecule has 1 atom stereocenters. The van der Waals surface area contributed by atoms with Crippen molar-refractivity contribution in [3.63, 3.8) is 0 Å². The number of carbonyl (C=O) groups excluding carboxylic acids is 1. The first-order chi connectivity index (χ1) is 15.8. The summed E-state index contributed by atoms with van der Waals surface area (Å²) in [5, 5.41) is 2.37. The van der Waals surface area contributed by atoms with E-state index >= 15 is 0 Å². The molecule has 1 N–H and O–H groups in total. The van der Waals surface area contributed by atoms with Gasteiger partial charge in [-0.05, 0) is 42.1 Å². The maximum atomic E-state index is 13.4. The molecule has 1 aliphatic rings. The summed E-state index contributed by atoms with van der Waals surface area (Å²) in [5.41, 5.74) is 1.87. The molecule has 33 heavy (non-hydrogen) atoms. The fourth-order valence-electron chi connectivity index (χ4n) is 4.36. The highest BCUT2D eigenvalue weighted by Crippen LogP contribution is 2.34. The number of nitrogens with one attached hydrogen (secondary N) is 1. The number of sulfonamides is 1. The number of fused-ring (bicyclic) bond motifs is 2. The molecular formula is C23H23ClN4O3S2. The van der Waals surface area contributed by atoms with E-state index in [1.165, 1.54) is 15.6 Å². The van der Waals surface area contributed by atoms with Crippen LogP contribution in [0.3, 0.4) is 0 Å². The van der Waals surface area contributed by atoms with Crippen molar-refractivity contribution in [1.82, 2.24) is 19.2 Å². The third kappa shape index (κ3) is 4.26. The number of halogens is 1. The quantitative estimate of drug-likeness (QED) is 0.416. The molecule has 1 amide bonds. The van der Waals surface area contributed by atoms with E-state index in [-0.39, 0.29) is 29.2 Å². The van der Waals surface area contributed by atoms with Crippen molar-refractivity contribution in [2.45, 2.75) is 36.6 Å². The van der Waals surface area contributed by atoms with Gasteiger partial charge >= 0.3 is 0 Å². The Morgan fingerprint density at radius 1 is 1.21 bits per heavy atom. The second-order valence-corrected chi connectivity index (χ2v) is 12.0. The van der Waals surface area contributed by atoms with Crippen LogP contribution in [0.1, 0.15) is 25.5 Å². The average molecular weight is 503 g/mol. The number of carbonyl (C=O) groups is 1. The summed E-state index contributed by atoms with van der Waals surface area (Å²) < 4.78 is 29.3. The van der Waals surface area contributed by atoms with Crippen LogP contribution in [0.4, 0.5) is 0 Å². The first-order valence-corrected chi connectivity index (χ1v) is 13.4. The third-order valence-corrected chi connectivity index (χ3v) is 9.57. The molecule has 4 aromatic rings. The minimum Gasteiger partial charge on any atom is -0.357 e. The molecule has 3 aromatic heterocycles. The Hall–Kier alpha value is -2.46. The van der Waals surface area contributed by atoms with E-state index in [0.29, 0.717) is 11.6 Å². The lowest BCUT2D eigenvalue weighted by Crippen LogP contribution is -2.57. The maximum Gasteiger partial charge on any atom is 0.253 e. The predicted octanol–water partition coefficient (Wildman–Crippen LogP) is 4.63. The molecule has 7 nitrogen and oxygen atoms in total. The van der Waals surface area contributed by atoms with Gasteiger partial charge in [-0.25, -0.2) is 8.42 Å². The summed E-state index contributed by atoms with van der Waals surface area (Å²) in [5.74, 6) is -0.191. The summed E-state index contributed by atoms with van der Waals surface area (Å²) in [4.78, 5) is 22.5. The molecule has 5 rings (SSSR count). The smallest absolute Gasteiger partial charge is 0.253 e. The van der Waals surface area contributed by atoms with Crippen LogP contribution in [-0.4, -0.2) is 52.6 Å². The lowest BCUT2D eigenvalue weighted by molar-refractivity contribution is -0.138. The molecule has 10 heteroatoms. The van der Waals surface area contributed by atoms with E-state index in [2.05, 4.69) is 9.97 Å². The SMILES string of the molecule is CCC[C@H]1CN(S(=O)(=O)c2cc3ccc(Cl)cc3s2)CC(=O)N1Cc1cc2cnccc2[nH]1. The largest absolute Gasteiger partial charge is 0.357 e. The monoisotopic (exact) mass is 502 g/mol. The lowest BCUT2D eigenvalue weighted by Gasteiger charge is -2.40. The average Bonchev–Trinajstić information content (AvgIpc) is 3.39. The Labute approximate surface area is 201 Å². The molecule has 0 radical (unpaired) electrons. The highest BCUT2D eigenvalue weighted by molar-refractivity contribution is 7.91. The number of H-pyrrole nitrogens is 1. The van der Waals surface area contributed by atoms with Crippen molar-refractivity contribution in [2.75, 3.05) is 13.1 Å². The van der Waals surface area contributed by atoms with E-state index in [0.717, 1.165) is 39.5 Å². The van der Waals surface area contributed by atoms with Crippen molar-refractivity contribution in [1.29, 1.82) is 0 Å². The summed E-state index contributed by atoms with van der Waals surface area (Å²) in [6.45, 7) is 2.56. The van der Waals surface area contributed by atoms with Crippen LogP contribution in [0, 0.1) is 0 Å². The van der Waals surface area contributed by atoms with Crippen LogP contribution in [0.5, 0.6) is 0 Å². The molecule has 0 aliphatic carbocycles. The van der Waals surface area contributed by atoms with E-state index in [1.807, 2.05) is 25.1 Å². The Morgan fingerprint density at radius 2 is 2.06 bits per heavy atom. The number of aromatic amines is 1. The van der Waals surface area contributed by atoms with Gasteiger partial charge in [0.2, 0.25) is 5.91 Å². The number of hydrogen-bond donors (Lipinski definition) is 1. The van der Waals surface area contributed by atoms with Crippen LogP contribution in [0.2, 0.25) is 5.02 Å². The van der Waals surface area contributed by atoms with Gasteiger partial charge in [-0.15, -0.1) is 11.3 Å². The number of nitrogens with zero attached hydrogens (tertiary/aromatic N) is 3. The minimum absolute atomic E-state index is 0.167. The first kappa shape index (κ1) is 22.3. The van der Waals surface area contributed by atoms with Gasteiger partial charge in [-0.1, -0.05) is 31.0 Å². The topological polar surface area (TPSA) is 86.4 Å². The van der Waals surface area contributed by atoms with E-state index < -0.39 is 10.0 Å². The molecule has 0 spiro atoms. The van der Waals surface area contributed by atoms with Crippen LogP contribution >= 0.6 is 22.9 Å². The highest BCUT2D eigenvalue weighted by Gasteiger charge is 2.39. The van der Waals surface area contributed by atoms with Crippen molar-refractivity contribution in [3.8, 4) is 0 Å². The number of amides is 1. The summed E-state index contributed by atoms with van der Waals surface area (Å²) in [7, 11) is -3.79. The molecule has 1 aromatic carbocycles. The molecule has 0 unspecified atom stereocenters. The van der Waals surface area contributed by atoms with Gasteiger partial charge in [-0.2, -0.15) is 4.31 Å². The van der Waals surface area contributed by atoms with Gasteiger partial charge < -0.3 is 9.88 Å². The normalized spacial score (nSPS) is 17.9. The van der Waals surface area contributed by atoms with E-state index in [1.54, 1.807) is 35.5 Å². The van der Waals surface area contributed by atoms with Gasteiger partial charge in [0.1, 0.15) is 4.21 Å². The van der Waals surface area contributed by atoms with Crippen molar-refractivity contribution < 1.29 is 13.2 Å². The van der Waals surface area contributed by atoms with Crippen LogP contribution < -0.4 is 0 Å². The van der Waals surface area contributed by atoms with Gasteiger partial charge in [0.15, 0.2) is 0 Å². The number of thiophene rings is 1. The molecule has 172 valence electrons. The predicted molar refractivity (Wildman–Crippen MR) is 131 cm³/mol. The van der Waals surface area contributed by atoms with Gasteiger partial charge in [0, 0.05) is 51.3 Å². The van der Waals surface area contributed by atoms with Crippen molar-refractivity contribution in [3.05, 3.63) is 59.5 Å². The Morgan fingerprint density at radius 3 is 2.85 bits per heavy atom. The molecule has 0 bridgehead atoms. The Kier molecular flexibility index (Phi) is 5.90. The zero-order valence-electron chi connectivity index (χ0n) is 18.0. The Balaban J connectivity index is 1.41. The second-order valence-electron chi connectivity index (χ2n) is 8.27.